The topological polar surface area (TPSA) is 42.0 Å². The number of hydrogen-bond donors (Lipinski definition) is 1. The number of amides is 1. The number of thiazole rings is 1. The molecule has 3 nitrogen and oxygen atoms in total. The van der Waals surface area contributed by atoms with Crippen LogP contribution in [-0.2, 0) is 11.2 Å². The van der Waals surface area contributed by atoms with Crippen LogP contribution in [0.25, 0.3) is 0 Å². The van der Waals surface area contributed by atoms with Crippen molar-refractivity contribution in [3.63, 3.8) is 0 Å². The minimum atomic E-state index is -0.599. The molecule has 0 aliphatic rings. The Balaban J connectivity index is 2.11. The smallest absolute Gasteiger partial charge is 0.229 e. The van der Waals surface area contributed by atoms with Crippen molar-refractivity contribution < 1.29 is 13.6 Å². The fourth-order valence-electron chi connectivity index (χ4n) is 1.53. The van der Waals surface area contributed by atoms with E-state index in [1.807, 2.05) is 0 Å². The minimum Gasteiger partial charge on any atom is -0.302 e. The second-order valence-electron chi connectivity index (χ2n) is 4.68. The average molecular weight is 296 g/mol. The summed E-state index contributed by atoms with van der Waals surface area (Å²) in [6, 6.07) is 5.85. The number of hydrogen-bond acceptors (Lipinski definition) is 3. The van der Waals surface area contributed by atoms with E-state index in [1.165, 1.54) is 12.1 Å². The van der Waals surface area contributed by atoms with Gasteiger partial charge in [-0.1, -0.05) is 37.3 Å². The third-order valence-corrected chi connectivity index (χ3v) is 3.63. The first-order chi connectivity index (χ1) is 9.45. The summed E-state index contributed by atoms with van der Waals surface area (Å²) in [5.74, 6) is -1.32. The average Bonchev–Trinajstić information content (AvgIpc) is 2.72. The number of benzene rings is 1. The second-order valence-corrected chi connectivity index (χ2v) is 5.76. The molecule has 0 aliphatic carbocycles. The number of nitrogens with zero attached hydrogens (tertiary/aromatic N) is 1. The maximum Gasteiger partial charge on any atom is 0.229 e. The Morgan fingerprint density at radius 3 is 2.55 bits per heavy atom. The first kappa shape index (κ1) is 14.6. The van der Waals surface area contributed by atoms with Crippen molar-refractivity contribution >= 4 is 22.4 Å². The maximum atomic E-state index is 13.7. The van der Waals surface area contributed by atoms with Crippen molar-refractivity contribution in [1.29, 1.82) is 0 Å². The molecule has 0 atom stereocenters. The molecule has 1 amide bonds. The second kappa shape index (κ2) is 6.09. The molecule has 1 N–H and O–H groups in total. The van der Waals surface area contributed by atoms with Gasteiger partial charge in [0, 0.05) is 12.3 Å². The van der Waals surface area contributed by atoms with Crippen molar-refractivity contribution in [3.8, 4) is 0 Å². The number of carbonyl (C=O) groups is 1. The van der Waals surface area contributed by atoms with E-state index < -0.39 is 5.95 Å². The van der Waals surface area contributed by atoms with Crippen LogP contribution < -0.4 is 5.32 Å². The predicted octanol–water partition coefficient (Wildman–Crippen LogP) is 3.61. The van der Waals surface area contributed by atoms with E-state index in [9.17, 15) is 13.6 Å². The summed E-state index contributed by atoms with van der Waals surface area (Å²) in [6.45, 7) is 3.50. The van der Waals surface area contributed by atoms with E-state index in [0.29, 0.717) is 11.3 Å². The maximum absolute atomic E-state index is 13.7. The van der Waals surface area contributed by atoms with Gasteiger partial charge in [-0.25, -0.2) is 4.39 Å². The van der Waals surface area contributed by atoms with Crippen LogP contribution >= 0.6 is 11.3 Å². The largest absolute Gasteiger partial charge is 0.302 e. The monoisotopic (exact) mass is 296 g/mol. The predicted molar refractivity (Wildman–Crippen MR) is 74.7 cm³/mol. The molecule has 1 aromatic carbocycles. The summed E-state index contributed by atoms with van der Waals surface area (Å²) >= 11 is 1.09. The first-order valence-corrected chi connectivity index (χ1v) is 6.98. The molecule has 2 aromatic rings. The Bertz CT molecular complexity index is 608. The standard InChI is InChI=1S/C14H14F2N2OS/c1-8(2)13(19)18-14-17-12(16)11(20-14)7-9-3-5-10(15)6-4-9/h3-6,8H,7H2,1-2H3,(H,17,18,19). The van der Waals surface area contributed by atoms with E-state index in [1.54, 1.807) is 26.0 Å². The lowest BCUT2D eigenvalue weighted by Crippen LogP contribution is -2.17. The molecule has 0 unspecified atom stereocenters. The van der Waals surface area contributed by atoms with Crippen LogP contribution in [0.4, 0.5) is 13.9 Å². The van der Waals surface area contributed by atoms with Crippen LogP contribution in [0.5, 0.6) is 0 Å². The van der Waals surface area contributed by atoms with Gasteiger partial charge in [-0.3, -0.25) is 4.79 Å². The molecule has 0 saturated heterocycles. The molecule has 1 aromatic heterocycles. The van der Waals surface area contributed by atoms with Gasteiger partial charge < -0.3 is 5.32 Å². The molecule has 0 spiro atoms. The van der Waals surface area contributed by atoms with Gasteiger partial charge in [-0.05, 0) is 17.7 Å². The van der Waals surface area contributed by atoms with E-state index in [4.69, 9.17) is 0 Å². The molecule has 2 rings (SSSR count). The van der Waals surface area contributed by atoms with Crippen molar-refractivity contribution in [2.75, 3.05) is 5.32 Å². The normalized spacial score (nSPS) is 10.8. The molecule has 1 heterocycles. The van der Waals surface area contributed by atoms with Gasteiger partial charge in [0.2, 0.25) is 11.9 Å². The zero-order valence-electron chi connectivity index (χ0n) is 11.1. The van der Waals surface area contributed by atoms with Crippen molar-refractivity contribution in [2.24, 2.45) is 5.92 Å². The van der Waals surface area contributed by atoms with Crippen LogP contribution in [0.2, 0.25) is 0 Å². The summed E-state index contributed by atoms with van der Waals surface area (Å²) in [5, 5.41) is 2.81. The van der Waals surface area contributed by atoms with Crippen LogP contribution in [0.15, 0.2) is 24.3 Å². The Hall–Kier alpha value is -1.82. The summed E-state index contributed by atoms with van der Waals surface area (Å²) in [7, 11) is 0. The fourth-order valence-corrected chi connectivity index (χ4v) is 2.41. The SMILES string of the molecule is CC(C)C(=O)Nc1nc(F)c(Cc2ccc(F)cc2)s1. The fraction of sp³-hybridized carbons (Fsp3) is 0.286. The van der Waals surface area contributed by atoms with E-state index in [0.717, 1.165) is 16.9 Å². The van der Waals surface area contributed by atoms with Gasteiger partial charge in [0.15, 0.2) is 5.13 Å². The molecule has 0 fully saturated rings. The zero-order chi connectivity index (χ0) is 14.7. The Morgan fingerprint density at radius 1 is 1.30 bits per heavy atom. The van der Waals surface area contributed by atoms with Crippen LogP contribution in [-0.4, -0.2) is 10.9 Å². The highest BCUT2D eigenvalue weighted by Gasteiger charge is 2.15. The number of halogens is 2. The Kier molecular flexibility index (Phi) is 4.44. The molecule has 0 aliphatic heterocycles. The molecule has 0 saturated carbocycles. The molecular formula is C14H14F2N2OS. The number of rotatable bonds is 4. The number of nitrogens with one attached hydrogen (secondary N) is 1. The highest BCUT2D eigenvalue weighted by molar-refractivity contribution is 7.15. The summed E-state index contributed by atoms with van der Waals surface area (Å²) in [4.78, 5) is 15.6. The molecule has 0 bridgehead atoms. The van der Waals surface area contributed by atoms with Crippen LogP contribution in [0.3, 0.4) is 0 Å². The van der Waals surface area contributed by atoms with Gasteiger partial charge in [0.1, 0.15) is 5.82 Å². The highest BCUT2D eigenvalue weighted by Crippen LogP contribution is 2.25. The van der Waals surface area contributed by atoms with Gasteiger partial charge >= 0.3 is 0 Å². The number of anilines is 1. The van der Waals surface area contributed by atoms with Crippen molar-refractivity contribution in [2.45, 2.75) is 20.3 Å². The summed E-state index contributed by atoms with van der Waals surface area (Å²) in [6.07, 6.45) is 0.321. The summed E-state index contributed by atoms with van der Waals surface area (Å²) in [5.41, 5.74) is 0.788. The molecule has 20 heavy (non-hydrogen) atoms. The Morgan fingerprint density at radius 2 is 1.95 bits per heavy atom. The molecule has 106 valence electrons. The quantitative estimate of drug-likeness (QED) is 0.936. The van der Waals surface area contributed by atoms with E-state index >= 15 is 0 Å². The highest BCUT2D eigenvalue weighted by atomic mass is 32.1. The van der Waals surface area contributed by atoms with Crippen molar-refractivity contribution in [1.82, 2.24) is 4.98 Å². The zero-order valence-corrected chi connectivity index (χ0v) is 11.9. The van der Waals surface area contributed by atoms with E-state index in [2.05, 4.69) is 10.3 Å². The van der Waals surface area contributed by atoms with Gasteiger partial charge in [0.25, 0.3) is 0 Å². The number of aromatic nitrogens is 1. The van der Waals surface area contributed by atoms with Gasteiger partial charge in [-0.15, -0.1) is 0 Å². The van der Waals surface area contributed by atoms with Crippen molar-refractivity contribution in [3.05, 3.63) is 46.5 Å². The van der Waals surface area contributed by atoms with Crippen LogP contribution in [0, 0.1) is 17.7 Å². The third-order valence-electron chi connectivity index (χ3n) is 2.68. The number of carbonyl (C=O) groups excluding carboxylic acids is 1. The lowest BCUT2D eigenvalue weighted by Gasteiger charge is -2.02. The van der Waals surface area contributed by atoms with Gasteiger partial charge in [-0.2, -0.15) is 9.37 Å². The third kappa shape index (κ3) is 3.60. The van der Waals surface area contributed by atoms with E-state index in [-0.39, 0.29) is 22.8 Å². The first-order valence-electron chi connectivity index (χ1n) is 6.16. The van der Waals surface area contributed by atoms with Crippen LogP contribution in [0.1, 0.15) is 24.3 Å². The molecule has 0 radical (unpaired) electrons. The lowest BCUT2D eigenvalue weighted by molar-refractivity contribution is -0.118. The lowest BCUT2D eigenvalue weighted by atomic mass is 10.1. The minimum absolute atomic E-state index is 0.192. The van der Waals surface area contributed by atoms with Gasteiger partial charge in [0.05, 0.1) is 4.88 Å². The Labute approximate surface area is 119 Å². The summed E-state index contributed by atoms with van der Waals surface area (Å²) < 4.78 is 26.5. The molecule has 6 heteroatoms. The molecular weight excluding hydrogens is 282 g/mol.